The molecule has 4 heteroatoms. The second kappa shape index (κ2) is 5.60. The predicted molar refractivity (Wildman–Crippen MR) is 71.6 cm³/mol. The molecule has 0 N–H and O–H groups in total. The quantitative estimate of drug-likeness (QED) is 0.602. The third-order valence-electron chi connectivity index (χ3n) is 2.67. The van der Waals surface area contributed by atoms with E-state index in [4.69, 9.17) is 4.74 Å². The number of anilines is 1. The van der Waals surface area contributed by atoms with Gasteiger partial charge in [-0.3, -0.25) is 4.79 Å². The van der Waals surface area contributed by atoms with E-state index >= 15 is 0 Å². The molecule has 0 saturated heterocycles. The van der Waals surface area contributed by atoms with Gasteiger partial charge in [-0.15, -0.1) is 0 Å². The third kappa shape index (κ3) is 2.49. The molecule has 0 unspecified atom stereocenters. The van der Waals surface area contributed by atoms with Crippen molar-refractivity contribution in [3.8, 4) is 0 Å². The first kappa shape index (κ1) is 12.5. The summed E-state index contributed by atoms with van der Waals surface area (Å²) in [6.07, 6.45) is 1.79. The zero-order valence-electron chi connectivity index (χ0n) is 10.6. The summed E-state index contributed by atoms with van der Waals surface area (Å²) in [5.41, 5.74) is 2.12. The lowest BCUT2D eigenvalue weighted by Crippen LogP contribution is -2.21. The van der Waals surface area contributed by atoms with Gasteiger partial charge in [0.2, 0.25) is 0 Å². The predicted octanol–water partition coefficient (Wildman–Crippen LogP) is 2.37. The molecule has 0 aromatic heterocycles. The molecule has 1 amide bonds. The Labute approximate surface area is 107 Å². The van der Waals surface area contributed by atoms with E-state index in [2.05, 4.69) is 5.10 Å². The van der Waals surface area contributed by atoms with Crippen LogP contribution in [0.25, 0.3) is 0 Å². The van der Waals surface area contributed by atoms with E-state index in [-0.39, 0.29) is 5.91 Å². The Morgan fingerprint density at radius 1 is 1.33 bits per heavy atom. The van der Waals surface area contributed by atoms with Gasteiger partial charge in [0.15, 0.2) is 0 Å². The fourth-order valence-corrected chi connectivity index (χ4v) is 1.76. The van der Waals surface area contributed by atoms with Gasteiger partial charge >= 0.3 is 0 Å². The number of nitrogens with zero attached hydrogens (tertiary/aromatic N) is 2. The summed E-state index contributed by atoms with van der Waals surface area (Å²) in [6.45, 7) is 4.83. The van der Waals surface area contributed by atoms with Gasteiger partial charge in [-0.2, -0.15) is 10.1 Å². The number of hydrogen-bond acceptors (Lipinski definition) is 3. The first-order valence-electron chi connectivity index (χ1n) is 5.97. The highest BCUT2D eigenvalue weighted by Gasteiger charge is 2.28. The number of hydrogen-bond donors (Lipinski definition) is 0. The number of amides is 1. The Kier molecular flexibility index (Phi) is 3.89. The van der Waals surface area contributed by atoms with Crippen LogP contribution in [-0.4, -0.2) is 24.8 Å². The van der Waals surface area contributed by atoms with Gasteiger partial charge in [0.25, 0.3) is 5.91 Å². The molecule has 1 heterocycles. The molecule has 0 fully saturated rings. The molecule has 2 rings (SSSR count). The van der Waals surface area contributed by atoms with Gasteiger partial charge in [0.1, 0.15) is 0 Å². The van der Waals surface area contributed by atoms with E-state index in [0.29, 0.717) is 18.8 Å². The van der Waals surface area contributed by atoms with Crippen LogP contribution < -0.4 is 5.01 Å². The van der Waals surface area contributed by atoms with Gasteiger partial charge in [-0.25, -0.2) is 0 Å². The topological polar surface area (TPSA) is 41.9 Å². The minimum atomic E-state index is -0.0987. The fraction of sp³-hybridized carbons (Fsp3) is 0.286. The van der Waals surface area contributed by atoms with Gasteiger partial charge in [-0.05, 0) is 32.1 Å². The molecule has 0 radical (unpaired) electrons. The largest absolute Gasteiger partial charge is 0.378 e. The molecule has 0 saturated carbocycles. The summed E-state index contributed by atoms with van der Waals surface area (Å²) in [5.74, 6) is -0.0987. The van der Waals surface area contributed by atoms with Crippen molar-refractivity contribution in [2.24, 2.45) is 5.10 Å². The van der Waals surface area contributed by atoms with E-state index in [1.807, 2.05) is 44.2 Å². The van der Waals surface area contributed by atoms with Gasteiger partial charge in [0, 0.05) is 6.61 Å². The second-order valence-corrected chi connectivity index (χ2v) is 3.92. The molecule has 0 atom stereocenters. The number of carbonyl (C=O) groups is 1. The average Bonchev–Trinajstić information content (AvgIpc) is 2.68. The van der Waals surface area contributed by atoms with Crippen molar-refractivity contribution in [3.05, 3.63) is 42.0 Å². The van der Waals surface area contributed by atoms with Gasteiger partial charge in [-0.1, -0.05) is 18.2 Å². The number of ether oxygens (including phenoxy) is 1. The van der Waals surface area contributed by atoms with Crippen molar-refractivity contribution in [3.63, 3.8) is 0 Å². The molecule has 0 bridgehead atoms. The first-order valence-corrected chi connectivity index (χ1v) is 5.97. The SMILES string of the molecule is CCOCC=C1C(=O)N(c2ccccc2)N=C1C. The number of para-hydroxylation sites is 1. The number of carbonyl (C=O) groups excluding carboxylic acids is 1. The molecular formula is C14H16N2O2. The van der Waals surface area contributed by atoms with Crippen molar-refractivity contribution in [2.45, 2.75) is 13.8 Å². The molecule has 0 aliphatic carbocycles. The van der Waals surface area contributed by atoms with E-state index in [9.17, 15) is 4.79 Å². The zero-order valence-corrected chi connectivity index (χ0v) is 10.6. The average molecular weight is 244 g/mol. The van der Waals surface area contributed by atoms with Gasteiger partial charge in [0.05, 0.1) is 23.6 Å². The molecule has 4 nitrogen and oxygen atoms in total. The minimum Gasteiger partial charge on any atom is -0.378 e. The van der Waals surface area contributed by atoms with Crippen LogP contribution >= 0.6 is 0 Å². The fourth-order valence-electron chi connectivity index (χ4n) is 1.76. The Bertz CT molecular complexity index is 492. The lowest BCUT2D eigenvalue weighted by Gasteiger charge is -2.10. The summed E-state index contributed by atoms with van der Waals surface area (Å²) in [4.78, 5) is 12.2. The van der Waals surface area contributed by atoms with Crippen molar-refractivity contribution in [1.29, 1.82) is 0 Å². The Balaban J connectivity index is 2.19. The molecule has 1 aromatic rings. The maximum Gasteiger partial charge on any atom is 0.280 e. The van der Waals surface area contributed by atoms with Crippen molar-refractivity contribution in [1.82, 2.24) is 0 Å². The Morgan fingerprint density at radius 3 is 2.72 bits per heavy atom. The number of benzene rings is 1. The van der Waals surface area contributed by atoms with E-state index in [0.717, 1.165) is 11.4 Å². The summed E-state index contributed by atoms with van der Waals surface area (Å²) < 4.78 is 5.23. The smallest absolute Gasteiger partial charge is 0.280 e. The van der Waals surface area contributed by atoms with Crippen molar-refractivity contribution >= 4 is 17.3 Å². The maximum atomic E-state index is 12.2. The molecule has 1 aliphatic heterocycles. The van der Waals surface area contributed by atoms with Crippen molar-refractivity contribution in [2.75, 3.05) is 18.2 Å². The van der Waals surface area contributed by atoms with Crippen LogP contribution in [0.15, 0.2) is 47.1 Å². The molecular weight excluding hydrogens is 228 g/mol. The lowest BCUT2D eigenvalue weighted by molar-refractivity contribution is -0.114. The van der Waals surface area contributed by atoms with Gasteiger partial charge < -0.3 is 4.74 Å². The number of hydrazone groups is 1. The van der Waals surface area contributed by atoms with Crippen molar-refractivity contribution < 1.29 is 9.53 Å². The first-order chi connectivity index (χ1) is 8.74. The van der Waals surface area contributed by atoms with Crippen LogP contribution in [0.4, 0.5) is 5.69 Å². The van der Waals surface area contributed by atoms with Crippen LogP contribution in [0.1, 0.15) is 13.8 Å². The Morgan fingerprint density at radius 2 is 2.06 bits per heavy atom. The highest BCUT2D eigenvalue weighted by atomic mass is 16.5. The van der Waals surface area contributed by atoms with Crippen LogP contribution in [-0.2, 0) is 9.53 Å². The molecule has 18 heavy (non-hydrogen) atoms. The summed E-state index contributed by atoms with van der Waals surface area (Å²) in [6, 6.07) is 9.40. The molecule has 94 valence electrons. The summed E-state index contributed by atoms with van der Waals surface area (Å²) in [7, 11) is 0. The highest BCUT2D eigenvalue weighted by Crippen LogP contribution is 2.22. The maximum absolute atomic E-state index is 12.2. The van der Waals surface area contributed by atoms with E-state index < -0.39 is 0 Å². The highest BCUT2D eigenvalue weighted by molar-refractivity contribution is 6.29. The Hall–Kier alpha value is -1.94. The second-order valence-electron chi connectivity index (χ2n) is 3.92. The monoisotopic (exact) mass is 244 g/mol. The molecule has 1 aromatic carbocycles. The molecule has 1 aliphatic rings. The van der Waals surface area contributed by atoms with E-state index in [1.54, 1.807) is 6.08 Å². The normalized spacial score (nSPS) is 17.4. The van der Waals surface area contributed by atoms with Crippen LogP contribution in [0.3, 0.4) is 0 Å². The summed E-state index contributed by atoms with van der Waals surface area (Å²) >= 11 is 0. The minimum absolute atomic E-state index is 0.0987. The lowest BCUT2D eigenvalue weighted by atomic mass is 10.1. The van der Waals surface area contributed by atoms with Crippen LogP contribution in [0.2, 0.25) is 0 Å². The van der Waals surface area contributed by atoms with E-state index in [1.165, 1.54) is 5.01 Å². The van der Waals surface area contributed by atoms with Crippen LogP contribution in [0.5, 0.6) is 0 Å². The zero-order chi connectivity index (χ0) is 13.0. The number of rotatable bonds is 4. The standard InChI is InChI=1S/C14H16N2O2/c1-3-18-10-9-13-11(2)15-16(14(13)17)12-7-5-4-6-8-12/h4-9H,3,10H2,1-2H3. The van der Waals surface area contributed by atoms with Crippen LogP contribution in [0, 0.1) is 0 Å². The summed E-state index contributed by atoms with van der Waals surface area (Å²) in [5, 5.41) is 5.70. The molecule has 0 spiro atoms. The third-order valence-corrected chi connectivity index (χ3v) is 2.67.